The maximum absolute atomic E-state index is 6.15. The van der Waals surface area contributed by atoms with Gasteiger partial charge in [-0.05, 0) is 30.3 Å². The van der Waals surface area contributed by atoms with Crippen molar-refractivity contribution in [1.29, 1.82) is 0 Å². The molecule has 0 aliphatic carbocycles. The molecule has 100 valence electrons. The normalized spacial score (nSPS) is 10.7. The third-order valence-corrected chi connectivity index (χ3v) is 3.27. The van der Waals surface area contributed by atoms with Crippen molar-refractivity contribution in [3.05, 3.63) is 57.6 Å². The smallest absolute Gasteiger partial charge is 0.133 e. The first-order valence-electron chi connectivity index (χ1n) is 6.14. The Morgan fingerprint density at radius 3 is 2.79 bits per heavy atom. The highest BCUT2D eigenvalue weighted by Crippen LogP contribution is 2.22. The van der Waals surface area contributed by atoms with E-state index >= 15 is 0 Å². The molecule has 0 saturated carbocycles. The molecule has 19 heavy (non-hydrogen) atoms. The summed E-state index contributed by atoms with van der Waals surface area (Å²) in [7, 11) is 0. The third-order valence-electron chi connectivity index (χ3n) is 2.68. The lowest BCUT2D eigenvalue weighted by Gasteiger charge is -2.06. The van der Waals surface area contributed by atoms with Gasteiger partial charge in [0.15, 0.2) is 0 Å². The average Bonchev–Trinajstić information content (AvgIpc) is 2.40. The van der Waals surface area contributed by atoms with E-state index in [2.05, 4.69) is 22.2 Å². The minimum absolute atomic E-state index is 0.607. The van der Waals surface area contributed by atoms with Gasteiger partial charge in [-0.1, -0.05) is 36.2 Å². The molecule has 0 fully saturated rings. The molecule has 0 radical (unpaired) electrons. The number of benzene rings is 1. The SMILES string of the molecule is CCNCc1ccnc(Cc2ccc(Cl)cc2Cl)n1. The molecule has 2 aromatic rings. The van der Waals surface area contributed by atoms with Gasteiger partial charge in [-0.25, -0.2) is 9.97 Å². The van der Waals surface area contributed by atoms with E-state index in [-0.39, 0.29) is 0 Å². The van der Waals surface area contributed by atoms with Crippen LogP contribution in [0.1, 0.15) is 24.0 Å². The predicted molar refractivity (Wildman–Crippen MR) is 78.7 cm³/mol. The summed E-state index contributed by atoms with van der Waals surface area (Å²) in [6.45, 7) is 3.73. The number of aromatic nitrogens is 2. The topological polar surface area (TPSA) is 37.8 Å². The molecule has 0 bridgehead atoms. The van der Waals surface area contributed by atoms with Crippen molar-refractivity contribution >= 4 is 23.2 Å². The van der Waals surface area contributed by atoms with Crippen LogP contribution in [0.2, 0.25) is 10.0 Å². The Balaban J connectivity index is 2.14. The largest absolute Gasteiger partial charge is 0.311 e. The minimum Gasteiger partial charge on any atom is -0.311 e. The molecule has 1 aromatic carbocycles. The predicted octanol–water partition coefficient (Wildman–Crippen LogP) is 3.48. The van der Waals surface area contributed by atoms with Crippen LogP contribution in [-0.2, 0) is 13.0 Å². The van der Waals surface area contributed by atoms with Crippen molar-refractivity contribution in [1.82, 2.24) is 15.3 Å². The van der Waals surface area contributed by atoms with Crippen LogP contribution < -0.4 is 5.32 Å². The zero-order chi connectivity index (χ0) is 13.7. The Morgan fingerprint density at radius 1 is 1.21 bits per heavy atom. The summed E-state index contributed by atoms with van der Waals surface area (Å²) in [5.41, 5.74) is 1.96. The van der Waals surface area contributed by atoms with E-state index in [9.17, 15) is 0 Å². The second-order valence-corrected chi connectivity index (χ2v) is 5.00. The fourth-order valence-electron chi connectivity index (χ4n) is 1.71. The molecule has 0 spiro atoms. The number of hydrogen-bond acceptors (Lipinski definition) is 3. The Labute approximate surface area is 123 Å². The molecule has 0 atom stereocenters. The van der Waals surface area contributed by atoms with Crippen molar-refractivity contribution in [2.24, 2.45) is 0 Å². The van der Waals surface area contributed by atoms with E-state index < -0.39 is 0 Å². The highest BCUT2D eigenvalue weighted by molar-refractivity contribution is 6.35. The van der Waals surface area contributed by atoms with Crippen molar-refractivity contribution in [2.75, 3.05) is 6.54 Å². The number of hydrogen-bond donors (Lipinski definition) is 1. The molecule has 3 nitrogen and oxygen atoms in total. The van der Waals surface area contributed by atoms with Gasteiger partial charge in [0, 0.05) is 29.2 Å². The summed E-state index contributed by atoms with van der Waals surface area (Å²) >= 11 is 12.0. The Bertz CT molecular complexity index is 558. The van der Waals surface area contributed by atoms with Crippen LogP contribution in [0.5, 0.6) is 0 Å². The number of nitrogens with one attached hydrogen (secondary N) is 1. The highest BCUT2D eigenvalue weighted by Gasteiger charge is 2.05. The van der Waals surface area contributed by atoms with Gasteiger partial charge in [0.25, 0.3) is 0 Å². The second kappa shape index (κ2) is 6.85. The molecule has 0 amide bonds. The molecule has 1 heterocycles. The fourth-order valence-corrected chi connectivity index (χ4v) is 2.19. The van der Waals surface area contributed by atoms with Gasteiger partial charge < -0.3 is 5.32 Å². The van der Waals surface area contributed by atoms with Crippen LogP contribution in [0.25, 0.3) is 0 Å². The van der Waals surface area contributed by atoms with Gasteiger partial charge >= 0.3 is 0 Å². The first-order chi connectivity index (χ1) is 9.19. The van der Waals surface area contributed by atoms with Crippen LogP contribution in [-0.4, -0.2) is 16.5 Å². The standard InChI is InChI=1S/C14H15Cl2N3/c1-2-17-9-12-5-6-18-14(19-12)7-10-3-4-11(15)8-13(10)16/h3-6,8,17H,2,7,9H2,1H3. The zero-order valence-corrected chi connectivity index (χ0v) is 12.2. The van der Waals surface area contributed by atoms with E-state index in [1.807, 2.05) is 18.2 Å². The first kappa shape index (κ1) is 14.3. The molecule has 0 aliphatic heterocycles. The van der Waals surface area contributed by atoms with Gasteiger partial charge in [-0.3, -0.25) is 0 Å². The number of nitrogens with zero attached hydrogens (tertiary/aromatic N) is 2. The van der Waals surface area contributed by atoms with E-state index in [0.29, 0.717) is 16.5 Å². The molecule has 0 unspecified atom stereocenters. The van der Waals surface area contributed by atoms with Gasteiger partial charge in [-0.2, -0.15) is 0 Å². The molecule has 1 N–H and O–H groups in total. The molecular formula is C14H15Cl2N3. The van der Waals surface area contributed by atoms with Crippen LogP contribution in [0.3, 0.4) is 0 Å². The van der Waals surface area contributed by atoms with E-state index in [0.717, 1.165) is 30.2 Å². The molecule has 5 heteroatoms. The molecule has 0 aliphatic rings. The van der Waals surface area contributed by atoms with Crippen molar-refractivity contribution in [3.8, 4) is 0 Å². The summed E-state index contributed by atoms with van der Waals surface area (Å²) in [6.07, 6.45) is 2.38. The first-order valence-corrected chi connectivity index (χ1v) is 6.90. The van der Waals surface area contributed by atoms with E-state index in [1.165, 1.54) is 0 Å². The van der Waals surface area contributed by atoms with Gasteiger partial charge in [0.2, 0.25) is 0 Å². The Kier molecular flexibility index (Phi) is 5.14. The van der Waals surface area contributed by atoms with Crippen LogP contribution >= 0.6 is 23.2 Å². The van der Waals surface area contributed by atoms with Crippen molar-refractivity contribution in [3.63, 3.8) is 0 Å². The van der Waals surface area contributed by atoms with Gasteiger partial charge in [0.05, 0.1) is 5.69 Å². The van der Waals surface area contributed by atoms with Crippen LogP contribution in [0, 0.1) is 0 Å². The van der Waals surface area contributed by atoms with E-state index in [1.54, 1.807) is 12.3 Å². The van der Waals surface area contributed by atoms with Gasteiger partial charge in [-0.15, -0.1) is 0 Å². The highest BCUT2D eigenvalue weighted by atomic mass is 35.5. The Hall–Kier alpha value is -1.16. The summed E-state index contributed by atoms with van der Waals surface area (Å²) in [4.78, 5) is 8.78. The molecule has 0 saturated heterocycles. The summed E-state index contributed by atoms with van der Waals surface area (Å²) in [6, 6.07) is 7.38. The van der Waals surface area contributed by atoms with Crippen LogP contribution in [0.15, 0.2) is 30.5 Å². The lowest BCUT2D eigenvalue weighted by Crippen LogP contribution is -2.13. The Morgan fingerprint density at radius 2 is 2.05 bits per heavy atom. The maximum Gasteiger partial charge on any atom is 0.133 e. The number of rotatable bonds is 5. The minimum atomic E-state index is 0.607. The third kappa shape index (κ3) is 4.16. The van der Waals surface area contributed by atoms with Crippen LogP contribution in [0.4, 0.5) is 0 Å². The zero-order valence-electron chi connectivity index (χ0n) is 10.7. The quantitative estimate of drug-likeness (QED) is 0.918. The summed E-state index contributed by atoms with van der Waals surface area (Å²) in [5, 5.41) is 4.52. The molecule has 1 aromatic heterocycles. The summed E-state index contributed by atoms with van der Waals surface area (Å²) in [5.74, 6) is 0.764. The average molecular weight is 296 g/mol. The number of halogens is 2. The van der Waals surface area contributed by atoms with Gasteiger partial charge in [0.1, 0.15) is 5.82 Å². The fraction of sp³-hybridized carbons (Fsp3) is 0.286. The maximum atomic E-state index is 6.15. The van der Waals surface area contributed by atoms with E-state index in [4.69, 9.17) is 23.2 Å². The lowest BCUT2D eigenvalue weighted by atomic mass is 10.1. The molecule has 2 rings (SSSR count). The lowest BCUT2D eigenvalue weighted by molar-refractivity contribution is 0.702. The summed E-state index contributed by atoms with van der Waals surface area (Å²) < 4.78 is 0. The second-order valence-electron chi connectivity index (χ2n) is 4.16. The van der Waals surface area contributed by atoms with Crippen molar-refractivity contribution < 1.29 is 0 Å². The molecular weight excluding hydrogens is 281 g/mol. The van der Waals surface area contributed by atoms with Crippen molar-refractivity contribution in [2.45, 2.75) is 19.9 Å². The monoisotopic (exact) mass is 295 g/mol.